The first-order chi connectivity index (χ1) is 11.4. The zero-order chi connectivity index (χ0) is 15.5. The Hall–Kier alpha value is -2.08. The van der Waals surface area contributed by atoms with Gasteiger partial charge in [-0.3, -0.25) is 9.58 Å². The maximum absolute atomic E-state index is 5.70. The number of likely N-dealkylation sites (tertiary alicyclic amines) is 1. The standard InChI is InChI=1S/C17H22N4O2/c1-2-6-20(15(3-1)11-21-13-18-12-19-21)10-14-4-5-16-17(9-14)23-8-7-22-16/h4-5,9,12-13,15H,1-3,6-8,10-11H2/t15-/m0/s1. The molecule has 1 saturated heterocycles. The highest BCUT2D eigenvalue weighted by molar-refractivity contribution is 5.43. The summed E-state index contributed by atoms with van der Waals surface area (Å²) >= 11 is 0. The number of benzene rings is 1. The van der Waals surface area contributed by atoms with E-state index in [1.54, 1.807) is 12.7 Å². The van der Waals surface area contributed by atoms with Crippen LogP contribution >= 0.6 is 0 Å². The highest BCUT2D eigenvalue weighted by atomic mass is 16.6. The van der Waals surface area contributed by atoms with Crippen molar-refractivity contribution in [3.05, 3.63) is 36.4 Å². The molecule has 23 heavy (non-hydrogen) atoms. The summed E-state index contributed by atoms with van der Waals surface area (Å²) in [4.78, 5) is 6.60. The molecule has 3 heterocycles. The van der Waals surface area contributed by atoms with E-state index in [2.05, 4.69) is 27.1 Å². The van der Waals surface area contributed by atoms with Crippen molar-refractivity contribution in [2.75, 3.05) is 19.8 Å². The fourth-order valence-corrected chi connectivity index (χ4v) is 3.44. The number of piperidine rings is 1. The van der Waals surface area contributed by atoms with Crippen LogP contribution in [0, 0.1) is 0 Å². The van der Waals surface area contributed by atoms with Crippen molar-refractivity contribution in [2.24, 2.45) is 0 Å². The van der Waals surface area contributed by atoms with Crippen LogP contribution in [0.1, 0.15) is 24.8 Å². The minimum absolute atomic E-state index is 0.513. The van der Waals surface area contributed by atoms with E-state index >= 15 is 0 Å². The number of hydrogen-bond acceptors (Lipinski definition) is 5. The van der Waals surface area contributed by atoms with Gasteiger partial charge in [-0.2, -0.15) is 5.10 Å². The molecular weight excluding hydrogens is 292 g/mol. The molecule has 2 aliphatic rings. The lowest BCUT2D eigenvalue weighted by Crippen LogP contribution is -2.41. The lowest BCUT2D eigenvalue weighted by atomic mass is 10.0. The summed E-state index contributed by atoms with van der Waals surface area (Å²) < 4.78 is 13.2. The van der Waals surface area contributed by atoms with Crippen molar-refractivity contribution in [1.29, 1.82) is 0 Å². The molecule has 0 N–H and O–H groups in total. The van der Waals surface area contributed by atoms with E-state index in [0.29, 0.717) is 19.3 Å². The third-order valence-corrected chi connectivity index (χ3v) is 4.61. The van der Waals surface area contributed by atoms with Gasteiger partial charge in [0.15, 0.2) is 11.5 Å². The fraction of sp³-hybridized carbons (Fsp3) is 0.529. The van der Waals surface area contributed by atoms with E-state index in [0.717, 1.165) is 31.1 Å². The van der Waals surface area contributed by atoms with Crippen LogP contribution in [-0.4, -0.2) is 45.5 Å². The molecule has 1 aromatic carbocycles. The van der Waals surface area contributed by atoms with Gasteiger partial charge in [0.1, 0.15) is 25.9 Å². The van der Waals surface area contributed by atoms with Gasteiger partial charge in [-0.05, 0) is 37.1 Å². The molecule has 0 aliphatic carbocycles. The minimum Gasteiger partial charge on any atom is -0.486 e. The van der Waals surface area contributed by atoms with E-state index in [-0.39, 0.29) is 0 Å². The molecule has 0 bridgehead atoms. The van der Waals surface area contributed by atoms with Gasteiger partial charge < -0.3 is 9.47 Å². The van der Waals surface area contributed by atoms with Crippen LogP contribution in [-0.2, 0) is 13.1 Å². The Balaban J connectivity index is 1.47. The van der Waals surface area contributed by atoms with Crippen molar-refractivity contribution >= 4 is 0 Å². The lowest BCUT2D eigenvalue weighted by Gasteiger charge is -2.35. The van der Waals surface area contributed by atoms with Crippen molar-refractivity contribution in [3.8, 4) is 11.5 Å². The van der Waals surface area contributed by atoms with Crippen LogP contribution in [0.5, 0.6) is 11.5 Å². The van der Waals surface area contributed by atoms with Gasteiger partial charge in [0.25, 0.3) is 0 Å². The Morgan fingerprint density at radius 1 is 1.13 bits per heavy atom. The zero-order valence-corrected chi connectivity index (χ0v) is 13.2. The molecule has 0 unspecified atom stereocenters. The highest BCUT2D eigenvalue weighted by Gasteiger charge is 2.23. The van der Waals surface area contributed by atoms with E-state index in [4.69, 9.17) is 9.47 Å². The predicted molar refractivity (Wildman–Crippen MR) is 85.5 cm³/mol. The fourth-order valence-electron chi connectivity index (χ4n) is 3.44. The van der Waals surface area contributed by atoms with Crippen molar-refractivity contribution in [3.63, 3.8) is 0 Å². The third-order valence-electron chi connectivity index (χ3n) is 4.61. The number of ether oxygens (including phenoxy) is 2. The Morgan fingerprint density at radius 2 is 2.04 bits per heavy atom. The number of fused-ring (bicyclic) bond motifs is 1. The van der Waals surface area contributed by atoms with Gasteiger partial charge in [-0.1, -0.05) is 12.5 Å². The summed E-state index contributed by atoms with van der Waals surface area (Å²) in [6, 6.07) is 6.81. The second-order valence-electron chi connectivity index (χ2n) is 6.22. The highest BCUT2D eigenvalue weighted by Crippen LogP contribution is 2.31. The monoisotopic (exact) mass is 314 g/mol. The molecule has 0 radical (unpaired) electrons. The summed E-state index contributed by atoms with van der Waals surface area (Å²) in [7, 11) is 0. The predicted octanol–water partition coefficient (Wildman–Crippen LogP) is 2.10. The number of hydrogen-bond donors (Lipinski definition) is 0. The largest absolute Gasteiger partial charge is 0.486 e. The molecule has 6 heteroatoms. The average Bonchev–Trinajstić information content (AvgIpc) is 3.10. The summed E-state index contributed by atoms with van der Waals surface area (Å²) in [5.74, 6) is 1.73. The first-order valence-corrected chi connectivity index (χ1v) is 8.33. The van der Waals surface area contributed by atoms with E-state index in [9.17, 15) is 0 Å². The summed E-state index contributed by atoms with van der Waals surface area (Å²) in [6.07, 6.45) is 7.17. The molecule has 122 valence electrons. The van der Waals surface area contributed by atoms with Crippen molar-refractivity contribution < 1.29 is 9.47 Å². The topological polar surface area (TPSA) is 52.4 Å². The second-order valence-corrected chi connectivity index (χ2v) is 6.22. The van der Waals surface area contributed by atoms with Crippen LogP contribution in [0.4, 0.5) is 0 Å². The SMILES string of the molecule is c1ncn(C[C@@H]2CCCCN2Cc2ccc3c(c2)OCCO3)n1. The molecule has 6 nitrogen and oxygen atoms in total. The van der Waals surface area contributed by atoms with Crippen LogP contribution < -0.4 is 9.47 Å². The van der Waals surface area contributed by atoms with Crippen LogP contribution in [0.3, 0.4) is 0 Å². The molecule has 1 atom stereocenters. The van der Waals surface area contributed by atoms with Crippen LogP contribution in [0.15, 0.2) is 30.9 Å². The third kappa shape index (κ3) is 3.32. The maximum Gasteiger partial charge on any atom is 0.161 e. The van der Waals surface area contributed by atoms with Crippen molar-refractivity contribution in [1.82, 2.24) is 19.7 Å². The van der Waals surface area contributed by atoms with Gasteiger partial charge in [0, 0.05) is 12.6 Å². The van der Waals surface area contributed by atoms with Gasteiger partial charge in [-0.25, -0.2) is 4.98 Å². The first kappa shape index (κ1) is 14.5. The molecule has 0 saturated carbocycles. The summed E-state index contributed by atoms with van der Waals surface area (Å²) in [5.41, 5.74) is 1.28. The Morgan fingerprint density at radius 3 is 2.91 bits per heavy atom. The Labute approximate surface area is 136 Å². The number of nitrogens with zero attached hydrogens (tertiary/aromatic N) is 4. The molecule has 1 aromatic heterocycles. The second kappa shape index (κ2) is 6.58. The molecule has 0 spiro atoms. The average molecular weight is 314 g/mol. The minimum atomic E-state index is 0.513. The molecule has 0 amide bonds. The van der Waals surface area contributed by atoms with Gasteiger partial charge in [-0.15, -0.1) is 0 Å². The Bertz CT molecular complexity index is 644. The number of aromatic nitrogens is 3. The molecular formula is C17H22N4O2. The molecule has 4 rings (SSSR count). The molecule has 2 aromatic rings. The maximum atomic E-state index is 5.70. The summed E-state index contributed by atoms with van der Waals surface area (Å²) in [6.45, 7) is 4.25. The van der Waals surface area contributed by atoms with Crippen LogP contribution in [0.2, 0.25) is 0 Å². The van der Waals surface area contributed by atoms with E-state index in [1.807, 2.05) is 10.7 Å². The van der Waals surface area contributed by atoms with Gasteiger partial charge in [0.2, 0.25) is 0 Å². The first-order valence-electron chi connectivity index (χ1n) is 8.33. The smallest absolute Gasteiger partial charge is 0.161 e. The summed E-state index contributed by atoms with van der Waals surface area (Å²) in [5, 5.41) is 4.25. The zero-order valence-electron chi connectivity index (χ0n) is 13.2. The normalized spacial score (nSPS) is 21.3. The lowest BCUT2D eigenvalue weighted by molar-refractivity contribution is 0.121. The Kier molecular flexibility index (Phi) is 4.15. The molecule has 2 aliphatic heterocycles. The van der Waals surface area contributed by atoms with Gasteiger partial charge in [0.05, 0.1) is 6.54 Å². The van der Waals surface area contributed by atoms with E-state index in [1.165, 1.54) is 24.8 Å². The molecule has 1 fully saturated rings. The van der Waals surface area contributed by atoms with E-state index < -0.39 is 0 Å². The van der Waals surface area contributed by atoms with Crippen LogP contribution in [0.25, 0.3) is 0 Å². The van der Waals surface area contributed by atoms with Crippen molar-refractivity contribution in [2.45, 2.75) is 38.4 Å². The number of rotatable bonds is 4. The quantitative estimate of drug-likeness (QED) is 0.865. The van der Waals surface area contributed by atoms with Gasteiger partial charge >= 0.3 is 0 Å².